The fourth-order valence-electron chi connectivity index (χ4n) is 4.58. The van der Waals surface area contributed by atoms with Crippen LogP contribution in [0.5, 0.6) is 5.75 Å². The van der Waals surface area contributed by atoms with Gasteiger partial charge in [-0.3, -0.25) is 14.4 Å². The van der Waals surface area contributed by atoms with E-state index in [0.29, 0.717) is 54.0 Å². The molecule has 1 saturated heterocycles. The average molecular weight is 552 g/mol. The van der Waals surface area contributed by atoms with E-state index in [2.05, 4.69) is 10.3 Å². The number of carbonyl (C=O) groups is 3. The topological polar surface area (TPSA) is 95.1 Å². The molecule has 0 atom stereocenters. The van der Waals surface area contributed by atoms with Crippen LogP contribution in [-0.2, 0) is 16.0 Å². The van der Waals surface area contributed by atoms with Gasteiger partial charge in [-0.05, 0) is 49.2 Å². The molecule has 1 N–H and O–H groups in total. The van der Waals surface area contributed by atoms with Crippen molar-refractivity contribution in [3.8, 4) is 5.75 Å². The molecule has 2 fully saturated rings. The van der Waals surface area contributed by atoms with Crippen LogP contribution in [0.2, 0.25) is 0 Å². The number of amides is 3. The number of rotatable bonds is 9. The van der Waals surface area contributed by atoms with E-state index in [1.807, 2.05) is 4.90 Å². The molecule has 3 amide bonds. The molecule has 0 bridgehead atoms. The van der Waals surface area contributed by atoms with Crippen LogP contribution < -0.4 is 15.0 Å². The predicted octanol–water partition coefficient (Wildman–Crippen LogP) is 3.43. The van der Waals surface area contributed by atoms with Gasteiger partial charge in [0.2, 0.25) is 11.8 Å². The molecule has 11 heteroatoms. The Labute approximate surface area is 230 Å². The van der Waals surface area contributed by atoms with E-state index in [0.717, 1.165) is 12.8 Å². The van der Waals surface area contributed by atoms with Crippen molar-refractivity contribution < 1.29 is 23.5 Å². The minimum atomic E-state index is -0.333. The van der Waals surface area contributed by atoms with Gasteiger partial charge in [-0.15, -0.1) is 11.3 Å². The molecule has 1 aromatic heterocycles. The van der Waals surface area contributed by atoms with E-state index in [4.69, 9.17) is 4.74 Å². The number of thiazole rings is 1. The van der Waals surface area contributed by atoms with Crippen molar-refractivity contribution in [3.63, 3.8) is 0 Å². The summed E-state index contributed by atoms with van der Waals surface area (Å²) in [4.78, 5) is 48.4. The molecule has 0 spiro atoms. The lowest BCUT2D eigenvalue weighted by Crippen LogP contribution is -2.49. The zero-order valence-electron chi connectivity index (χ0n) is 21.6. The van der Waals surface area contributed by atoms with Gasteiger partial charge < -0.3 is 24.8 Å². The molecule has 204 valence electrons. The molecule has 3 aromatic rings. The Morgan fingerprint density at radius 3 is 2.46 bits per heavy atom. The van der Waals surface area contributed by atoms with Crippen molar-refractivity contribution >= 4 is 39.9 Å². The smallest absolute Gasteiger partial charge is 0.254 e. The lowest BCUT2D eigenvalue weighted by Gasteiger charge is -2.36. The zero-order chi connectivity index (χ0) is 27.4. The molecule has 1 aliphatic heterocycles. The van der Waals surface area contributed by atoms with Crippen LogP contribution in [0.3, 0.4) is 0 Å². The second-order valence-corrected chi connectivity index (χ2v) is 10.4. The number of hydrogen-bond donors (Lipinski definition) is 1. The van der Waals surface area contributed by atoms with E-state index in [1.54, 1.807) is 64.8 Å². The molecule has 0 unspecified atom stereocenters. The summed E-state index contributed by atoms with van der Waals surface area (Å²) in [6.07, 6.45) is 1.86. The monoisotopic (exact) mass is 551 g/mol. The lowest BCUT2D eigenvalue weighted by atomic mass is 10.2. The summed E-state index contributed by atoms with van der Waals surface area (Å²) in [5, 5.41) is 4.91. The van der Waals surface area contributed by atoms with Crippen molar-refractivity contribution in [2.24, 2.45) is 0 Å². The average Bonchev–Trinajstić information content (AvgIpc) is 3.71. The van der Waals surface area contributed by atoms with Gasteiger partial charge in [-0.25, -0.2) is 9.37 Å². The summed E-state index contributed by atoms with van der Waals surface area (Å²) in [7, 11) is 1.56. The van der Waals surface area contributed by atoms with Crippen LogP contribution in [0.15, 0.2) is 53.9 Å². The fourth-order valence-corrected chi connectivity index (χ4v) is 5.31. The highest BCUT2D eigenvalue weighted by Gasteiger charge is 2.34. The van der Waals surface area contributed by atoms with Crippen LogP contribution >= 0.6 is 11.3 Å². The molecule has 2 aliphatic rings. The van der Waals surface area contributed by atoms with Gasteiger partial charge >= 0.3 is 0 Å². The van der Waals surface area contributed by atoms with Crippen molar-refractivity contribution in [1.82, 2.24) is 14.8 Å². The Morgan fingerprint density at radius 2 is 1.79 bits per heavy atom. The van der Waals surface area contributed by atoms with Crippen LogP contribution in [-0.4, -0.2) is 78.4 Å². The Hall–Kier alpha value is -3.99. The summed E-state index contributed by atoms with van der Waals surface area (Å²) in [5.41, 5.74) is 1.63. The number of benzene rings is 2. The number of methoxy groups -OCH3 is 1. The summed E-state index contributed by atoms with van der Waals surface area (Å²) in [6, 6.07) is 13.5. The van der Waals surface area contributed by atoms with Gasteiger partial charge in [0, 0.05) is 43.2 Å². The van der Waals surface area contributed by atoms with E-state index in [-0.39, 0.29) is 42.5 Å². The Kier molecular flexibility index (Phi) is 8.06. The highest BCUT2D eigenvalue weighted by molar-refractivity contribution is 7.13. The highest BCUT2D eigenvalue weighted by Crippen LogP contribution is 2.29. The third kappa shape index (κ3) is 6.54. The van der Waals surface area contributed by atoms with Crippen LogP contribution in [0.1, 0.15) is 28.9 Å². The van der Waals surface area contributed by atoms with Crippen molar-refractivity contribution in [3.05, 3.63) is 71.0 Å². The molecule has 5 rings (SSSR count). The minimum absolute atomic E-state index is 0.0497. The molecule has 1 aliphatic carbocycles. The van der Waals surface area contributed by atoms with E-state index in [9.17, 15) is 18.8 Å². The fraction of sp³-hybridized carbons (Fsp3) is 0.357. The zero-order valence-corrected chi connectivity index (χ0v) is 22.5. The number of nitrogens with zero attached hydrogens (tertiary/aromatic N) is 4. The number of hydrogen-bond acceptors (Lipinski definition) is 7. The van der Waals surface area contributed by atoms with Gasteiger partial charge in [0.25, 0.3) is 5.91 Å². The number of anilines is 2. The molecule has 2 aromatic carbocycles. The van der Waals surface area contributed by atoms with Crippen LogP contribution in [0.25, 0.3) is 0 Å². The molecular weight excluding hydrogens is 521 g/mol. The van der Waals surface area contributed by atoms with E-state index < -0.39 is 0 Å². The summed E-state index contributed by atoms with van der Waals surface area (Å²) >= 11 is 1.24. The van der Waals surface area contributed by atoms with Gasteiger partial charge in [-0.1, -0.05) is 12.1 Å². The third-order valence-corrected chi connectivity index (χ3v) is 7.66. The maximum Gasteiger partial charge on any atom is 0.254 e. The Morgan fingerprint density at radius 1 is 1.08 bits per heavy atom. The maximum absolute atomic E-state index is 14.1. The maximum atomic E-state index is 14.1. The molecular formula is C28H30FN5O4S. The van der Waals surface area contributed by atoms with Crippen molar-refractivity contribution in [2.75, 3.05) is 50.1 Å². The summed E-state index contributed by atoms with van der Waals surface area (Å²) in [5.74, 6) is -0.197. The quantitative estimate of drug-likeness (QED) is 0.438. The van der Waals surface area contributed by atoms with Crippen molar-refractivity contribution in [1.29, 1.82) is 0 Å². The number of carbonyl (C=O) groups excluding carboxylic acids is 3. The van der Waals surface area contributed by atoms with Crippen molar-refractivity contribution in [2.45, 2.75) is 25.3 Å². The molecule has 2 heterocycles. The Bertz CT molecular complexity index is 1340. The number of para-hydroxylation sites is 1. The Balaban J connectivity index is 1.12. The van der Waals surface area contributed by atoms with Gasteiger partial charge in [-0.2, -0.15) is 0 Å². The van der Waals surface area contributed by atoms with E-state index in [1.165, 1.54) is 17.4 Å². The van der Waals surface area contributed by atoms with Gasteiger partial charge in [0.1, 0.15) is 18.1 Å². The minimum Gasteiger partial charge on any atom is -0.497 e. The summed E-state index contributed by atoms with van der Waals surface area (Å²) in [6.45, 7) is 2.03. The SMILES string of the molecule is COc1ccc(C(=O)N(CC(=O)Nc2nc(CC(=O)N3CCN(c4ccccc4F)CC3)cs2)C2CC2)cc1. The molecule has 0 radical (unpaired) electrons. The normalized spacial score (nSPS) is 15.1. The predicted molar refractivity (Wildman–Crippen MR) is 147 cm³/mol. The second-order valence-electron chi connectivity index (χ2n) is 9.58. The standard InChI is InChI=1S/C28H30FN5O4S/c1-38-22-10-6-19(7-11-22)27(37)34(21-8-9-21)17-25(35)31-28-30-20(18-39-28)16-26(36)33-14-12-32(13-15-33)24-5-3-2-4-23(24)29/h2-7,10-11,18,21H,8-9,12-17H2,1H3,(H,30,31,35). The largest absolute Gasteiger partial charge is 0.497 e. The first-order valence-corrected chi connectivity index (χ1v) is 13.8. The molecule has 9 nitrogen and oxygen atoms in total. The second kappa shape index (κ2) is 11.8. The third-order valence-electron chi connectivity index (χ3n) is 6.86. The first-order chi connectivity index (χ1) is 18.9. The van der Waals surface area contributed by atoms with Crippen LogP contribution in [0, 0.1) is 5.82 Å². The number of aromatic nitrogens is 1. The summed E-state index contributed by atoms with van der Waals surface area (Å²) < 4.78 is 19.2. The first-order valence-electron chi connectivity index (χ1n) is 12.9. The highest BCUT2D eigenvalue weighted by atomic mass is 32.1. The first kappa shape index (κ1) is 26.6. The number of piperazine rings is 1. The van der Waals surface area contributed by atoms with Gasteiger partial charge in [0.15, 0.2) is 5.13 Å². The molecule has 1 saturated carbocycles. The number of nitrogens with one attached hydrogen (secondary N) is 1. The van der Waals surface area contributed by atoms with Gasteiger partial charge in [0.05, 0.1) is 24.9 Å². The molecule has 39 heavy (non-hydrogen) atoms. The number of ether oxygens (including phenoxy) is 1. The van der Waals surface area contributed by atoms with Crippen LogP contribution in [0.4, 0.5) is 15.2 Å². The lowest BCUT2D eigenvalue weighted by molar-refractivity contribution is -0.130. The number of halogens is 1. The van der Waals surface area contributed by atoms with E-state index >= 15 is 0 Å².